The van der Waals surface area contributed by atoms with Gasteiger partial charge in [0.25, 0.3) is 5.69 Å². The molecule has 0 aromatic heterocycles. The summed E-state index contributed by atoms with van der Waals surface area (Å²) in [6.45, 7) is 3.51. The van der Waals surface area contributed by atoms with Gasteiger partial charge >= 0.3 is 0 Å². The van der Waals surface area contributed by atoms with Crippen LogP contribution in [0.4, 0.5) is 5.69 Å². The van der Waals surface area contributed by atoms with Gasteiger partial charge in [-0.15, -0.1) is 0 Å². The van der Waals surface area contributed by atoms with Gasteiger partial charge in [-0.1, -0.05) is 17.7 Å². The fourth-order valence-electron chi connectivity index (χ4n) is 3.04. The summed E-state index contributed by atoms with van der Waals surface area (Å²) in [4.78, 5) is 10.5. The second-order valence-corrected chi connectivity index (χ2v) is 6.27. The lowest BCUT2D eigenvalue weighted by Crippen LogP contribution is -2.40. The maximum atomic E-state index is 11.2. The van der Waals surface area contributed by atoms with Crippen molar-refractivity contribution in [2.45, 2.75) is 32.2 Å². The van der Waals surface area contributed by atoms with Crippen LogP contribution in [0.15, 0.2) is 36.4 Å². The monoisotopic (exact) mass is 333 g/mol. The summed E-state index contributed by atoms with van der Waals surface area (Å²) in [5.74, 6) is -1.67. The minimum absolute atomic E-state index is 0.00697. The number of fused-ring (bicyclic) bond motifs is 1. The molecule has 120 valence electrons. The largest absolute Gasteiger partial charge is 0.358 e. The predicted molar refractivity (Wildman–Crippen MR) is 86.5 cm³/mol. The van der Waals surface area contributed by atoms with Crippen LogP contribution in [-0.2, 0) is 16.9 Å². The summed E-state index contributed by atoms with van der Waals surface area (Å²) in [6, 6.07) is 9.82. The minimum atomic E-state index is -1.67. The van der Waals surface area contributed by atoms with Gasteiger partial charge in [-0.25, -0.2) is 0 Å². The first-order valence-electron chi connectivity index (χ1n) is 7.26. The highest BCUT2D eigenvalue weighted by Gasteiger charge is 2.41. The first-order chi connectivity index (χ1) is 10.8. The van der Waals surface area contributed by atoms with Crippen LogP contribution in [0.5, 0.6) is 0 Å². The minimum Gasteiger partial charge on any atom is -0.358 e. The summed E-state index contributed by atoms with van der Waals surface area (Å²) in [5.41, 5.74) is 2.46. The van der Waals surface area contributed by atoms with Gasteiger partial charge in [-0.2, -0.15) is 0 Å². The standard InChI is InChI=1S/C17H16ClNO4/c1-10-7-13(4-6-16(10)19(21)22)17(20)15-9-14(18)5-3-12(15)8-11(2)23-17/h3-7,9,11,20H,8H2,1-2H3/t11-,17?/m0/s1. The molecule has 0 saturated heterocycles. The molecule has 0 amide bonds. The van der Waals surface area contributed by atoms with E-state index in [0.29, 0.717) is 28.1 Å². The number of halogens is 1. The maximum absolute atomic E-state index is 11.2. The molecule has 0 fully saturated rings. The highest BCUT2D eigenvalue weighted by Crippen LogP contribution is 2.41. The SMILES string of the molecule is Cc1cc(C2(O)O[C@@H](C)Cc3ccc(Cl)cc32)ccc1[N+](=O)[O-]. The van der Waals surface area contributed by atoms with Crippen LogP contribution < -0.4 is 0 Å². The Balaban J connectivity index is 2.17. The number of nitrogens with zero attached hydrogens (tertiary/aromatic N) is 1. The average molecular weight is 334 g/mol. The van der Waals surface area contributed by atoms with Crippen LogP contribution >= 0.6 is 11.6 Å². The van der Waals surface area contributed by atoms with E-state index in [-0.39, 0.29) is 11.8 Å². The van der Waals surface area contributed by atoms with Crippen molar-refractivity contribution in [2.75, 3.05) is 0 Å². The fraction of sp³-hybridized carbons (Fsp3) is 0.294. The molecule has 3 rings (SSSR count). The van der Waals surface area contributed by atoms with Gasteiger partial charge in [0.1, 0.15) is 0 Å². The molecule has 1 aliphatic rings. The smallest absolute Gasteiger partial charge is 0.272 e. The zero-order valence-corrected chi connectivity index (χ0v) is 13.5. The van der Waals surface area contributed by atoms with Crippen molar-refractivity contribution in [1.82, 2.24) is 0 Å². The van der Waals surface area contributed by atoms with Crippen LogP contribution in [0.1, 0.15) is 29.2 Å². The van der Waals surface area contributed by atoms with Gasteiger partial charge in [0.05, 0.1) is 11.0 Å². The molecule has 23 heavy (non-hydrogen) atoms. The van der Waals surface area contributed by atoms with Crippen molar-refractivity contribution in [2.24, 2.45) is 0 Å². The second kappa shape index (κ2) is 5.60. The van der Waals surface area contributed by atoms with Crippen molar-refractivity contribution in [3.8, 4) is 0 Å². The lowest BCUT2D eigenvalue weighted by atomic mass is 9.87. The van der Waals surface area contributed by atoms with Crippen LogP contribution in [0, 0.1) is 17.0 Å². The molecule has 0 aliphatic carbocycles. The predicted octanol–water partition coefficient (Wildman–Crippen LogP) is 3.71. The van der Waals surface area contributed by atoms with Crippen molar-refractivity contribution >= 4 is 17.3 Å². The van der Waals surface area contributed by atoms with Crippen molar-refractivity contribution in [3.63, 3.8) is 0 Å². The molecule has 2 aromatic rings. The summed E-state index contributed by atoms with van der Waals surface area (Å²) in [6.07, 6.45) is 0.477. The number of ether oxygens (including phenoxy) is 1. The molecule has 0 saturated carbocycles. The van der Waals surface area contributed by atoms with Crippen molar-refractivity contribution < 1.29 is 14.8 Å². The Morgan fingerprint density at radius 2 is 2.09 bits per heavy atom. The highest BCUT2D eigenvalue weighted by molar-refractivity contribution is 6.30. The van der Waals surface area contributed by atoms with Gasteiger partial charge in [0, 0.05) is 27.8 Å². The number of hydrogen-bond donors (Lipinski definition) is 1. The first-order valence-corrected chi connectivity index (χ1v) is 7.63. The van der Waals surface area contributed by atoms with Gasteiger partial charge in [-0.3, -0.25) is 10.1 Å². The molecule has 1 unspecified atom stereocenters. The molecule has 0 spiro atoms. The molecule has 0 radical (unpaired) electrons. The van der Waals surface area contributed by atoms with Crippen LogP contribution in [0.25, 0.3) is 0 Å². The number of nitro groups is 1. The molecule has 2 aromatic carbocycles. The third-order valence-electron chi connectivity index (χ3n) is 4.10. The van der Waals surface area contributed by atoms with E-state index in [4.69, 9.17) is 16.3 Å². The Labute approximate surface area is 138 Å². The number of benzene rings is 2. The molecule has 1 N–H and O–H groups in total. The van der Waals surface area contributed by atoms with Crippen LogP contribution in [0.2, 0.25) is 5.02 Å². The van der Waals surface area contributed by atoms with E-state index in [0.717, 1.165) is 5.56 Å². The number of aryl methyl sites for hydroxylation is 1. The van der Waals surface area contributed by atoms with Crippen LogP contribution in [-0.4, -0.2) is 16.1 Å². The first kappa shape index (κ1) is 15.9. The molecule has 0 bridgehead atoms. The second-order valence-electron chi connectivity index (χ2n) is 5.84. The van der Waals surface area contributed by atoms with E-state index in [1.54, 1.807) is 25.1 Å². The molecular weight excluding hydrogens is 318 g/mol. The Morgan fingerprint density at radius 1 is 1.35 bits per heavy atom. The highest BCUT2D eigenvalue weighted by atomic mass is 35.5. The van der Waals surface area contributed by atoms with E-state index in [1.165, 1.54) is 12.1 Å². The Kier molecular flexibility index (Phi) is 3.88. The number of rotatable bonds is 2. The average Bonchev–Trinajstić information content (AvgIpc) is 2.47. The van der Waals surface area contributed by atoms with E-state index < -0.39 is 10.7 Å². The fourth-order valence-corrected chi connectivity index (χ4v) is 3.21. The zero-order chi connectivity index (χ0) is 16.8. The third-order valence-corrected chi connectivity index (χ3v) is 4.34. The zero-order valence-electron chi connectivity index (χ0n) is 12.7. The van der Waals surface area contributed by atoms with Crippen LogP contribution in [0.3, 0.4) is 0 Å². The Morgan fingerprint density at radius 3 is 2.74 bits per heavy atom. The molecule has 1 aliphatic heterocycles. The maximum Gasteiger partial charge on any atom is 0.272 e. The Bertz CT molecular complexity index is 792. The van der Waals surface area contributed by atoms with E-state index >= 15 is 0 Å². The topological polar surface area (TPSA) is 72.6 Å². The molecular formula is C17H16ClNO4. The normalized spacial score (nSPS) is 23.4. The number of nitro benzene ring substituents is 1. The third kappa shape index (κ3) is 2.72. The quantitative estimate of drug-likeness (QED) is 0.671. The summed E-state index contributed by atoms with van der Waals surface area (Å²) >= 11 is 6.07. The number of aliphatic hydroxyl groups is 1. The lowest BCUT2D eigenvalue weighted by Gasteiger charge is -2.38. The molecule has 6 heteroatoms. The molecule has 1 heterocycles. The molecule has 5 nitrogen and oxygen atoms in total. The van der Waals surface area contributed by atoms with Gasteiger partial charge in [0.15, 0.2) is 0 Å². The lowest BCUT2D eigenvalue weighted by molar-refractivity contribution is -0.385. The summed E-state index contributed by atoms with van der Waals surface area (Å²) in [7, 11) is 0. The molecule has 2 atom stereocenters. The van der Waals surface area contributed by atoms with Crippen molar-refractivity contribution in [1.29, 1.82) is 0 Å². The van der Waals surface area contributed by atoms with E-state index in [9.17, 15) is 15.2 Å². The van der Waals surface area contributed by atoms with Gasteiger partial charge < -0.3 is 9.84 Å². The summed E-state index contributed by atoms with van der Waals surface area (Å²) < 4.78 is 5.82. The Hall–Kier alpha value is -1.95. The van der Waals surface area contributed by atoms with Crippen molar-refractivity contribution in [3.05, 3.63) is 73.8 Å². The summed E-state index contributed by atoms with van der Waals surface area (Å²) in [5, 5.41) is 22.7. The number of hydrogen-bond acceptors (Lipinski definition) is 4. The van der Waals surface area contributed by atoms with E-state index in [2.05, 4.69) is 0 Å². The van der Waals surface area contributed by atoms with Gasteiger partial charge in [-0.05, 0) is 50.1 Å². The van der Waals surface area contributed by atoms with Gasteiger partial charge in [0.2, 0.25) is 5.79 Å². The van der Waals surface area contributed by atoms with E-state index in [1.807, 2.05) is 13.0 Å².